The molecule has 1 heterocycles. The summed E-state index contributed by atoms with van der Waals surface area (Å²) in [5.41, 5.74) is 2.32. The molecule has 2 amide bonds. The Hall–Kier alpha value is -4.43. The zero-order valence-corrected chi connectivity index (χ0v) is 19.8. The summed E-state index contributed by atoms with van der Waals surface area (Å²) in [4.78, 5) is 37.7. The van der Waals surface area contributed by atoms with Crippen LogP contribution in [-0.4, -0.2) is 21.0 Å². The number of hydrogen-bond donors (Lipinski definition) is 0. The van der Waals surface area contributed by atoms with E-state index in [1.54, 1.807) is 18.2 Å². The maximum Gasteiger partial charge on any atom is 0.293 e. The lowest BCUT2D eigenvalue weighted by Crippen LogP contribution is -2.27. The molecule has 5 rings (SSSR count). The predicted molar refractivity (Wildman–Crippen MR) is 139 cm³/mol. The van der Waals surface area contributed by atoms with Gasteiger partial charge in [-0.2, -0.15) is 0 Å². The highest BCUT2D eigenvalue weighted by atomic mass is 32.2. The van der Waals surface area contributed by atoms with E-state index in [2.05, 4.69) is 0 Å². The van der Waals surface area contributed by atoms with Crippen molar-refractivity contribution in [2.75, 3.05) is 0 Å². The minimum absolute atomic E-state index is 0.0346. The lowest BCUT2D eigenvalue weighted by molar-refractivity contribution is -0.384. The molecule has 1 fully saturated rings. The van der Waals surface area contributed by atoms with Crippen molar-refractivity contribution in [3.63, 3.8) is 0 Å². The smallest absolute Gasteiger partial charge is 0.293 e. The minimum Gasteiger partial charge on any atom is -0.488 e. The van der Waals surface area contributed by atoms with E-state index in [1.807, 2.05) is 66.7 Å². The highest BCUT2D eigenvalue weighted by molar-refractivity contribution is 8.18. The zero-order chi connectivity index (χ0) is 25.1. The molecule has 0 spiro atoms. The number of benzene rings is 4. The highest BCUT2D eigenvalue weighted by Gasteiger charge is 2.35. The second-order valence-electron chi connectivity index (χ2n) is 8.16. The van der Waals surface area contributed by atoms with Gasteiger partial charge in [0.2, 0.25) is 0 Å². The standard InChI is InChI=1S/C28H20N2O5S/c31-27-26(36-28(32)29(27)17-19-10-13-22(14-11-19)30(33)34)16-24-23-9-5-4-8-21(23)12-15-25(24)35-18-20-6-2-1-3-7-20/h1-16H,17-18H2/b26-16-. The summed E-state index contributed by atoms with van der Waals surface area (Å²) in [7, 11) is 0. The summed E-state index contributed by atoms with van der Waals surface area (Å²) in [6, 6.07) is 27.2. The Labute approximate surface area is 211 Å². The number of hydrogen-bond acceptors (Lipinski definition) is 6. The van der Waals surface area contributed by atoms with Gasteiger partial charge in [0, 0.05) is 17.7 Å². The molecule has 36 heavy (non-hydrogen) atoms. The summed E-state index contributed by atoms with van der Waals surface area (Å²) < 4.78 is 6.14. The predicted octanol–water partition coefficient (Wildman–Crippen LogP) is 6.56. The fourth-order valence-corrected chi connectivity index (χ4v) is 4.78. The van der Waals surface area contributed by atoms with Crippen molar-refractivity contribution < 1.29 is 19.2 Å². The molecule has 0 unspecified atom stereocenters. The van der Waals surface area contributed by atoms with Crippen LogP contribution in [0.1, 0.15) is 16.7 Å². The van der Waals surface area contributed by atoms with Gasteiger partial charge in [-0.1, -0.05) is 72.8 Å². The number of carbonyl (C=O) groups is 2. The van der Waals surface area contributed by atoms with Crippen molar-refractivity contribution in [1.29, 1.82) is 0 Å². The molecule has 0 N–H and O–H groups in total. The van der Waals surface area contributed by atoms with Crippen LogP contribution in [0.3, 0.4) is 0 Å². The topological polar surface area (TPSA) is 89.8 Å². The quantitative estimate of drug-likeness (QED) is 0.163. The summed E-state index contributed by atoms with van der Waals surface area (Å²) in [6.07, 6.45) is 1.71. The van der Waals surface area contributed by atoms with Crippen molar-refractivity contribution in [3.05, 3.63) is 123 Å². The number of non-ortho nitro benzene ring substituents is 1. The Kier molecular flexibility index (Phi) is 6.51. The molecule has 0 atom stereocenters. The summed E-state index contributed by atoms with van der Waals surface area (Å²) in [5.74, 6) is 0.199. The number of imide groups is 1. The molecule has 0 radical (unpaired) electrons. The molecule has 0 aromatic heterocycles. The molecule has 8 heteroatoms. The molecule has 1 saturated heterocycles. The number of thioether (sulfide) groups is 1. The average molecular weight is 497 g/mol. The Morgan fingerprint density at radius 1 is 0.861 bits per heavy atom. The van der Waals surface area contributed by atoms with E-state index in [-0.39, 0.29) is 12.2 Å². The van der Waals surface area contributed by atoms with Crippen LogP contribution in [-0.2, 0) is 17.9 Å². The van der Waals surface area contributed by atoms with Crippen LogP contribution in [0, 0.1) is 10.1 Å². The second kappa shape index (κ2) is 10.1. The van der Waals surface area contributed by atoms with Crippen molar-refractivity contribution in [1.82, 2.24) is 4.90 Å². The first-order valence-electron chi connectivity index (χ1n) is 11.2. The van der Waals surface area contributed by atoms with Crippen LogP contribution < -0.4 is 4.74 Å². The van der Waals surface area contributed by atoms with E-state index in [0.29, 0.717) is 22.8 Å². The van der Waals surface area contributed by atoms with Crippen molar-refractivity contribution in [2.24, 2.45) is 0 Å². The molecule has 0 saturated carbocycles. The third-order valence-electron chi connectivity index (χ3n) is 5.80. The number of nitrogens with zero attached hydrogens (tertiary/aromatic N) is 2. The van der Waals surface area contributed by atoms with E-state index in [4.69, 9.17) is 4.74 Å². The number of ether oxygens (including phenoxy) is 1. The SMILES string of the molecule is O=C1S/C(=C\c2c(OCc3ccccc3)ccc3ccccc23)C(=O)N1Cc1ccc([N+](=O)[O-])cc1. The molecule has 7 nitrogen and oxygen atoms in total. The van der Waals surface area contributed by atoms with Gasteiger partial charge in [-0.25, -0.2) is 0 Å². The average Bonchev–Trinajstić information content (AvgIpc) is 3.16. The molecule has 1 aliphatic rings. The minimum atomic E-state index is -0.492. The van der Waals surface area contributed by atoms with Crippen molar-refractivity contribution in [2.45, 2.75) is 13.2 Å². The van der Waals surface area contributed by atoms with Gasteiger partial charge in [-0.15, -0.1) is 0 Å². The molecular formula is C28H20N2O5S. The lowest BCUT2D eigenvalue weighted by Gasteiger charge is -2.13. The van der Waals surface area contributed by atoms with E-state index in [0.717, 1.165) is 38.6 Å². The number of fused-ring (bicyclic) bond motifs is 1. The molecule has 4 aromatic rings. The van der Waals surface area contributed by atoms with E-state index in [1.165, 1.54) is 12.1 Å². The third kappa shape index (κ3) is 4.85. The molecule has 0 aliphatic carbocycles. The summed E-state index contributed by atoms with van der Waals surface area (Å²) in [6.45, 7) is 0.397. The summed E-state index contributed by atoms with van der Waals surface area (Å²) >= 11 is 0.870. The van der Waals surface area contributed by atoms with Crippen LogP contribution in [0.4, 0.5) is 10.5 Å². The first-order valence-corrected chi connectivity index (χ1v) is 12.0. The van der Waals surface area contributed by atoms with E-state index < -0.39 is 16.1 Å². The molecule has 1 aliphatic heterocycles. The number of amides is 2. The van der Waals surface area contributed by atoms with Gasteiger partial charge in [0.25, 0.3) is 16.8 Å². The molecule has 4 aromatic carbocycles. The summed E-state index contributed by atoms with van der Waals surface area (Å²) in [5, 5.41) is 12.4. The van der Waals surface area contributed by atoms with Gasteiger partial charge in [-0.3, -0.25) is 24.6 Å². The first-order chi connectivity index (χ1) is 17.5. The van der Waals surface area contributed by atoms with Crippen LogP contribution in [0.25, 0.3) is 16.8 Å². The largest absolute Gasteiger partial charge is 0.488 e. The van der Waals surface area contributed by atoms with Gasteiger partial charge in [0.15, 0.2) is 0 Å². The molecule has 178 valence electrons. The van der Waals surface area contributed by atoms with Crippen molar-refractivity contribution in [3.8, 4) is 5.75 Å². The van der Waals surface area contributed by atoms with E-state index >= 15 is 0 Å². The van der Waals surface area contributed by atoms with Gasteiger partial charge in [-0.05, 0) is 45.8 Å². The zero-order valence-electron chi connectivity index (χ0n) is 19.0. The van der Waals surface area contributed by atoms with Crippen LogP contribution in [0.15, 0.2) is 95.9 Å². The van der Waals surface area contributed by atoms with Crippen LogP contribution >= 0.6 is 11.8 Å². The van der Waals surface area contributed by atoms with Crippen molar-refractivity contribution >= 4 is 45.4 Å². The van der Waals surface area contributed by atoms with Gasteiger partial charge < -0.3 is 4.74 Å². The van der Waals surface area contributed by atoms with Crippen LogP contribution in [0.5, 0.6) is 5.75 Å². The molecular weight excluding hydrogens is 476 g/mol. The second-order valence-corrected chi connectivity index (χ2v) is 9.16. The van der Waals surface area contributed by atoms with Crippen LogP contribution in [0.2, 0.25) is 0 Å². The third-order valence-corrected chi connectivity index (χ3v) is 6.71. The number of nitro benzene ring substituents is 1. The lowest BCUT2D eigenvalue weighted by atomic mass is 10.0. The monoisotopic (exact) mass is 496 g/mol. The maximum absolute atomic E-state index is 13.2. The molecule has 0 bridgehead atoms. The van der Waals surface area contributed by atoms with Gasteiger partial charge in [0.1, 0.15) is 12.4 Å². The fraction of sp³-hybridized carbons (Fsp3) is 0.0714. The Bertz CT molecular complexity index is 1500. The van der Waals surface area contributed by atoms with E-state index in [9.17, 15) is 19.7 Å². The Morgan fingerprint density at radius 2 is 1.58 bits per heavy atom. The fourth-order valence-electron chi connectivity index (χ4n) is 3.96. The van der Waals surface area contributed by atoms with Gasteiger partial charge >= 0.3 is 0 Å². The normalized spacial score (nSPS) is 14.6. The highest BCUT2D eigenvalue weighted by Crippen LogP contribution is 2.37. The van der Waals surface area contributed by atoms with Gasteiger partial charge in [0.05, 0.1) is 16.4 Å². The number of carbonyl (C=O) groups excluding carboxylic acids is 2. The maximum atomic E-state index is 13.2. The Morgan fingerprint density at radius 3 is 2.33 bits per heavy atom. The number of nitro groups is 1. The first kappa shape index (κ1) is 23.3. The Balaban J connectivity index is 1.45. The number of rotatable bonds is 7.